The Morgan fingerprint density at radius 2 is 2.44 bits per heavy atom. The highest BCUT2D eigenvalue weighted by Crippen LogP contribution is 2.19. The van der Waals surface area contributed by atoms with Crippen molar-refractivity contribution in [2.75, 3.05) is 13.1 Å². The van der Waals surface area contributed by atoms with Crippen molar-refractivity contribution in [2.45, 2.75) is 25.8 Å². The van der Waals surface area contributed by atoms with E-state index in [1.54, 1.807) is 4.90 Å². The number of nitrogens with two attached hydrogens (primary N) is 1. The minimum absolute atomic E-state index is 0.142. The van der Waals surface area contributed by atoms with Crippen LogP contribution in [0.2, 0.25) is 0 Å². The Morgan fingerprint density at radius 3 is 3.06 bits per heavy atom. The van der Waals surface area contributed by atoms with Gasteiger partial charge in [-0.3, -0.25) is 9.59 Å². The maximum Gasteiger partial charge on any atom is 0.273 e. The van der Waals surface area contributed by atoms with E-state index in [1.165, 1.54) is 6.20 Å². The summed E-state index contributed by atoms with van der Waals surface area (Å²) in [6, 6.07) is 0.169. The number of nitrogens with zero attached hydrogens (tertiary/aromatic N) is 2. The van der Waals surface area contributed by atoms with Gasteiger partial charge in [-0.2, -0.15) is 0 Å². The number of hydrogen-bond donors (Lipinski definition) is 2. The van der Waals surface area contributed by atoms with Crippen molar-refractivity contribution in [3.8, 4) is 0 Å². The molecule has 18 heavy (non-hydrogen) atoms. The Balaban J connectivity index is 2.10. The SMILES string of the molecule is CCC1CN(C(=O)c2c[nH]c(=O)cn2)CCC1N. The highest BCUT2D eigenvalue weighted by molar-refractivity contribution is 5.92. The lowest BCUT2D eigenvalue weighted by Crippen LogP contribution is -2.49. The molecule has 1 aromatic heterocycles. The maximum atomic E-state index is 12.2. The quantitative estimate of drug-likeness (QED) is 0.771. The molecule has 0 spiro atoms. The number of piperidine rings is 1. The van der Waals surface area contributed by atoms with Crippen LogP contribution >= 0.6 is 0 Å². The molecule has 2 heterocycles. The second-order valence-electron chi connectivity index (χ2n) is 4.67. The molecule has 0 saturated carbocycles. The van der Waals surface area contributed by atoms with Gasteiger partial charge in [0.25, 0.3) is 11.5 Å². The van der Waals surface area contributed by atoms with E-state index < -0.39 is 0 Å². The third-order valence-electron chi connectivity index (χ3n) is 3.50. The van der Waals surface area contributed by atoms with Gasteiger partial charge in [-0.25, -0.2) is 4.98 Å². The van der Waals surface area contributed by atoms with Gasteiger partial charge >= 0.3 is 0 Å². The van der Waals surface area contributed by atoms with E-state index in [0.29, 0.717) is 19.0 Å². The molecule has 2 rings (SSSR count). The monoisotopic (exact) mass is 250 g/mol. The molecule has 0 bridgehead atoms. The first-order valence-corrected chi connectivity index (χ1v) is 6.21. The Hall–Kier alpha value is -1.69. The smallest absolute Gasteiger partial charge is 0.273 e. The topological polar surface area (TPSA) is 92.1 Å². The number of carbonyl (C=O) groups is 1. The van der Waals surface area contributed by atoms with Crippen LogP contribution in [0.1, 0.15) is 30.3 Å². The molecule has 3 N–H and O–H groups in total. The number of H-pyrrole nitrogens is 1. The van der Waals surface area contributed by atoms with Crippen LogP contribution in [0.4, 0.5) is 0 Å². The molecule has 1 aliphatic heterocycles. The summed E-state index contributed by atoms with van der Waals surface area (Å²) in [5, 5.41) is 0. The largest absolute Gasteiger partial charge is 0.337 e. The Labute approximate surface area is 105 Å². The van der Waals surface area contributed by atoms with Crippen molar-refractivity contribution in [1.82, 2.24) is 14.9 Å². The van der Waals surface area contributed by atoms with Crippen LogP contribution in [0, 0.1) is 5.92 Å². The van der Waals surface area contributed by atoms with Gasteiger partial charge in [-0.1, -0.05) is 13.3 Å². The Morgan fingerprint density at radius 1 is 1.67 bits per heavy atom. The number of aromatic amines is 1. The zero-order valence-electron chi connectivity index (χ0n) is 10.4. The molecule has 1 amide bonds. The van der Waals surface area contributed by atoms with Crippen molar-refractivity contribution in [2.24, 2.45) is 11.7 Å². The van der Waals surface area contributed by atoms with E-state index in [2.05, 4.69) is 16.9 Å². The molecule has 1 saturated heterocycles. The van der Waals surface area contributed by atoms with E-state index in [1.807, 2.05) is 0 Å². The molecule has 6 heteroatoms. The molecule has 0 radical (unpaired) electrons. The predicted molar refractivity (Wildman–Crippen MR) is 67.1 cm³/mol. The van der Waals surface area contributed by atoms with Crippen LogP contribution in [0.3, 0.4) is 0 Å². The number of likely N-dealkylation sites (tertiary alicyclic amines) is 1. The lowest BCUT2D eigenvalue weighted by molar-refractivity contribution is 0.0642. The summed E-state index contributed by atoms with van der Waals surface area (Å²) in [5.74, 6) is 0.196. The molecule has 0 aromatic carbocycles. The molecular weight excluding hydrogens is 232 g/mol. The zero-order valence-corrected chi connectivity index (χ0v) is 10.4. The number of rotatable bonds is 2. The van der Waals surface area contributed by atoms with Crippen LogP contribution in [0.25, 0.3) is 0 Å². The fraction of sp³-hybridized carbons (Fsp3) is 0.583. The fourth-order valence-corrected chi connectivity index (χ4v) is 2.29. The van der Waals surface area contributed by atoms with Gasteiger partial charge in [0.2, 0.25) is 0 Å². The summed E-state index contributed by atoms with van der Waals surface area (Å²) in [6.45, 7) is 3.39. The van der Waals surface area contributed by atoms with Crippen LogP contribution < -0.4 is 11.3 Å². The molecule has 6 nitrogen and oxygen atoms in total. The van der Waals surface area contributed by atoms with E-state index >= 15 is 0 Å². The predicted octanol–water partition coefficient (Wildman–Crippen LogP) is -0.0307. The molecule has 0 aliphatic carbocycles. The van der Waals surface area contributed by atoms with Crippen LogP contribution in [-0.4, -0.2) is 39.9 Å². The van der Waals surface area contributed by atoms with Gasteiger partial charge in [0.05, 0.1) is 6.20 Å². The van der Waals surface area contributed by atoms with Gasteiger partial charge in [0.1, 0.15) is 5.69 Å². The summed E-state index contributed by atoms with van der Waals surface area (Å²) in [7, 11) is 0. The lowest BCUT2D eigenvalue weighted by Gasteiger charge is -2.36. The molecule has 1 aromatic rings. The van der Waals surface area contributed by atoms with Crippen LogP contribution in [0.5, 0.6) is 0 Å². The van der Waals surface area contributed by atoms with Gasteiger partial charge in [-0.15, -0.1) is 0 Å². The van der Waals surface area contributed by atoms with Gasteiger partial charge in [0, 0.05) is 25.3 Å². The van der Waals surface area contributed by atoms with Crippen molar-refractivity contribution < 1.29 is 4.79 Å². The van der Waals surface area contributed by atoms with Gasteiger partial charge in [-0.05, 0) is 12.3 Å². The first-order chi connectivity index (χ1) is 8.61. The Kier molecular flexibility index (Phi) is 3.76. The molecule has 2 atom stereocenters. The minimum atomic E-state index is -0.307. The summed E-state index contributed by atoms with van der Waals surface area (Å²) in [6.07, 6.45) is 4.26. The second-order valence-corrected chi connectivity index (χ2v) is 4.67. The normalized spacial score (nSPS) is 24.0. The van der Waals surface area contributed by atoms with Crippen LogP contribution in [-0.2, 0) is 0 Å². The number of amides is 1. The molecule has 1 aliphatic rings. The molecule has 2 unspecified atom stereocenters. The van der Waals surface area contributed by atoms with E-state index in [0.717, 1.165) is 19.0 Å². The van der Waals surface area contributed by atoms with Crippen LogP contribution in [0.15, 0.2) is 17.2 Å². The first-order valence-electron chi connectivity index (χ1n) is 6.21. The zero-order chi connectivity index (χ0) is 13.1. The molecule has 1 fully saturated rings. The minimum Gasteiger partial charge on any atom is -0.337 e. The number of hydrogen-bond acceptors (Lipinski definition) is 4. The van der Waals surface area contributed by atoms with E-state index in [4.69, 9.17) is 5.73 Å². The summed E-state index contributed by atoms with van der Waals surface area (Å²) in [5.41, 5.74) is 5.98. The number of carbonyl (C=O) groups excluding carboxylic acids is 1. The second kappa shape index (κ2) is 5.30. The summed E-state index contributed by atoms with van der Waals surface area (Å²) >= 11 is 0. The third-order valence-corrected chi connectivity index (χ3v) is 3.50. The number of aromatic nitrogens is 2. The van der Waals surface area contributed by atoms with Crippen molar-refractivity contribution in [3.05, 3.63) is 28.4 Å². The van der Waals surface area contributed by atoms with Crippen molar-refractivity contribution >= 4 is 5.91 Å². The van der Waals surface area contributed by atoms with E-state index in [-0.39, 0.29) is 23.2 Å². The standard InChI is InChI=1S/C12H18N4O2/c1-2-8-7-16(4-3-9(8)13)12(18)10-5-15-11(17)6-14-10/h5-6,8-9H,2-4,7,13H2,1H3,(H,15,17). The van der Waals surface area contributed by atoms with Crippen molar-refractivity contribution in [3.63, 3.8) is 0 Å². The molecule has 98 valence electrons. The maximum absolute atomic E-state index is 12.2. The van der Waals surface area contributed by atoms with Crippen molar-refractivity contribution in [1.29, 1.82) is 0 Å². The summed E-state index contributed by atoms with van der Waals surface area (Å²) in [4.78, 5) is 31.2. The first kappa shape index (κ1) is 12.8. The number of nitrogens with one attached hydrogen (secondary N) is 1. The third kappa shape index (κ3) is 2.59. The Bertz CT molecular complexity index is 465. The fourth-order valence-electron chi connectivity index (χ4n) is 2.29. The summed E-state index contributed by atoms with van der Waals surface area (Å²) < 4.78 is 0. The lowest BCUT2D eigenvalue weighted by atomic mass is 9.90. The average Bonchev–Trinajstić information content (AvgIpc) is 2.39. The average molecular weight is 250 g/mol. The highest BCUT2D eigenvalue weighted by atomic mass is 16.2. The molecular formula is C12H18N4O2. The van der Waals surface area contributed by atoms with Gasteiger partial charge < -0.3 is 15.6 Å². The van der Waals surface area contributed by atoms with Gasteiger partial charge in [0.15, 0.2) is 0 Å². The van der Waals surface area contributed by atoms with E-state index in [9.17, 15) is 9.59 Å². The highest BCUT2D eigenvalue weighted by Gasteiger charge is 2.29.